The first-order valence-electron chi connectivity index (χ1n) is 2.84. The van der Waals surface area contributed by atoms with Crippen LogP contribution in [0.2, 0.25) is 0 Å². The number of hydrogen-bond donors (Lipinski definition) is 0. The predicted octanol–water partition coefficient (Wildman–Crippen LogP) is 0.326. The van der Waals surface area contributed by atoms with Crippen molar-refractivity contribution in [2.75, 3.05) is 0 Å². The number of hydrogen-bond acceptors (Lipinski definition) is 1. The van der Waals surface area contributed by atoms with Gasteiger partial charge in [0.25, 0.3) is 0 Å². The van der Waals surface area contributed by atoms with E-state index < -0.39 is 0 Å². The van der Waals surface area contributed by atoms with Crippen molar-refractivity contribution >= 4 is 18.7 Å². The van der Waals surface area contributed by atoms with E-state index in [4.69, 9.17) is 7.49 Å². The van der Waals surface area contributed by atoms with Gasteiger partial charge in [-0.3, -0.25) is 0 Å². The van der Waals surface area contributed by atoms with Gasteiger partial charge in [-0.05, 0) is 0 Å². The summed E-state index contributed by atoms with van der Waals surface area (Å²) in [6.45, 7) is 2.04. The summed E-state index contributed by atoms with van der Waals surface area (Å²) in [5, 5.41) is 0. The summed E-state index contributed by atoms with van der Waals surface area (Å²) >= 11 is 0. The molecule has 0 aromatic heterocycles. The Hall–Kier alpha value is -0.395. The Kier molecular flexibility index (Phi) is 1.32. The third-order valence-electron chi connectivity index (χ3n) is 1.46. The Balaban J connectivity index is 2.64. The van der Waals surface area contributed by atoms with Gasteiger partial charge >= 0.3 is 49.2 Å². The second-order valence-corrected chi connectivity index (χ2v) is 2.46. The molecule has 1 nitrogen and oxygen atoms in total. The molecule has 0 saturated heterocycles. The number of ketones is 1. The number of carbonyl (C=O) groups excluding carboxylic acids is 1. The van der Waals surface area contributed by atoms with Gasteiger partial charge in [0.15, 0.2) is 0 Å². The van der Waals surface area contributed by atoms with E-state index in [0.717, 1.165) is 6.42 Å². The Morgan fingerprint density at radius 1 is 1.62 bits per heavy atom. The fourth-order valence-electron chi connectivity index (χ4n) is 1.01. The van der Waals surface area contributed by atoms with Gasteiger partial charge in [0, 0.05) is 0 Å². The van der Waals surface area contributed by atoms with Crippen molar-refractivity contribution < 1.29 is 4.79 Å². The zero-order chi connectivity index (χ0) is 6.15. The van der Waals surface area contributed by atoms with Crippen LogP contribution < -0.4 is 0 Å². The van der Waals surface area contributed by atoms with Crippen molar-refractivity contribution in [2.45, 2.75) is 19.8 Å². The van der Waals surface area contributed by atoms with Gasteiger partial charge in [-0.15, -0.1) is 0 Å². The summed E-state index contributed by atoms with van der Waals surface area (Å²) < 4.78 is 0. The van der Waals surface area contributed by atoms with Crippen molar-refractivity contribution in [3.63, 3.8) is 0 Å². The van der Waals surface area contributed by atoms with E-state index in [1.807, 2.05) is 6.92 Å². The molecule has 0 bridgehead atoms. The first-order valence-corrected chi connectivity index (χ1v) is 2.84. The van der Waals surface area contributed by atoms with Crippen molar-refractivity contribution in [1.29, 1.82) is 0 Å². The van der Waals surface area contributed by atoms with Crippen LogP contribution in [0.1, 0.15) is 19.8 Å². The summed E-state index contributed by atoms with van der Waals surface area (Å²) in [6, 6.07) is 0. The normalized spacial score (nSPS) is 29.2. The quantitative estimate of drug-likeness (QED) is 0.407. The Morgan fingerprint density at radius 2 is 2.25 bits per heavy atom. The minimum atomic E-state index is 0.150. The molecule has 1 saturated carbocycles. The summed E-state index contributed by atoms with van der Waals surface area (Å²) in [4.78, 5) is 10.6. The fraction of sp³-hybridized carbons (Fsp3) is 0.667. The van der Waals surface area contributed by atoms with E-state index in [0.29, 0.717) is 17.8 Å². The van der Waals surface area contributed by atoms with Crippen LogP contribution in [0.25, 0.3) is 0 Å². The average Bonchev–Trinajstić information content (AvgIpc) is 1.85. The van der Waals surface area contributed by atoms with Crippen molar-refractivity contribution in [3.05, 3.63) is 0 Å². The molecule has 1 unspecified atom stereocenters. The molecule has 1 aliphatic carbocycles. The monoisotopic (exact) mass is 107 g/mol. The Morgan fingerprint density at radius 3 is 2.38 bits per heavy atom. The third-order valence-corrected chi connectivity index (χ3v) is 1.46. The molecular weight excluding hydrogens is 98.9 g/mol. The zero-order valence-corrected chi connectivity index (χ0v) is 4.98. The van der Waals surface area contributed by atoms with Crippen LogP contribution in [0, 0.1) is 5.92 Å². The summed E-state index contributed by atoms with van der Waals surface area (Å²) in [5.74, 6) is 0.639. The van der Waals surface area contributed by atoms with Crippen LogP contribution in [-0.2, 0) is 4.79 Å². The van der Waals surface area contributed by atoms with Gasteiger partial charge < -0.3 is 0 Å². The fourth-order valence-corrected chi connectivity index (χ4v) is 1.01. The van der Waals surface area contributed by atoms with E-state index in [9.17, 15) is 4.79 Å². The molecule has 1 atom stereocenters. The molecule has 1 rings (SSSR count). The number of rotatable bonds is 0. The zero-order valence-electron chi connectivity index (χ0n) is 4.98. The van der Waals surface area contributed by atoms with Gasteiger partial charge in [0.05, 0.1) is 0 Å². The van der Waals surface area contributed by atoms with Crippen LogP contribution in [0.4, 0.5) is 0 Å². The molecule has 0 heterocycles. The topological polar surface area (TPSA) is 17.1 Å². The summed E-state index contributed by atoms with van der Waals surface area (Å²) in [6.07, 6.45) is 1.46. The molecule has 0 N–H and O–H groups in total. The van der Waals surface area contributed by atoms with E-state index >= 15 is 0 Å². The second-order valence-electron chi connectivity index (χ2n) is 2.46. The van der Waals surface area contributed by atoms with Crippen LogP contribution in [0.3, 0.4) is 0 Å². The molecule has 0 spiro atoms. The van der Waals surface area contributed by atoms with Crippen LogP contribution in [0.5, 0.6) is 0 Å². The molecule has 0 aliphatic heterocycles. The Labute approximate surface area is 50.2 Å². The van der Waals surface area contributed by atoms with E-state index in [1.54, 1.807) is 0 Å². The molecular formula is C6H8BO. The minimum absolute atomic E-state index is 0.150. The van der Waals surface area contributed by atoms with Gasteiger partial charge in [0.1, 0.15) is 0 Å². The van der Waals surface area contributed by atoms with E-state index in [2.05, 4.69) is 0 Å². The molecule has 0 aromatic rings. The maximum absolute atomic E-state index is 10.6. The molecule has 41 valence electrons. The van der Waals surface area contributed by atoms with Crippen molar-refractivity contribution in [2.24, 2.45) is 5.92 Å². The van der Waals surface area contributed by atoms with Crippen molar-refractivity contribution in [1.82, 2.24) is 0 Å². The van der Waals surface area contributed by atoms with Crippen molar-refractivity contribution in [3.8, 4) is 0 Å². The second kappa shape index (κ2) is 1.84. The maximum atomic E-state index is 10.6. The molecule has 2 heteroatoms. The standard InChI is InChI=1S/C6H8BO/c1-4-2-5(7)6(8)3-4/h4H,2-3H2,1H3. The van der Waals surface area contributed by atoms with E-state index in [1.165, 1.54) is 0 Å². The molecule has 0 amide bonds. The average molecular weight is 107 g/mol. The number of Topliss-reactive ketones (excluding diaryl/α,β-unsaturated/α-hetero) is 1. The Bertz CT molecular complexity index is 123. The SMILES string of the molecule is [B]=C1CC(C)CC1=O. The summed E-state index contributed by atoms with van der Waals surface area (Å²) in [7, 11) is 5.34. The molecule has 1 fully saturated rings. The summed E-state index contributed by atoms with van der Waals surface area (Å²) in [5.41, 5.74) is 0.567. The molecule has 0 aromatic carbocycles. The van der Waals surface area contributed by atoms with Gasteiger partial charge in [0.2, 0.25) is 0 Å². The van der Waals surface area contributed by atoms with Crippen LogP contribution >= 0.6 is 0 Å². The third kappa shape index (κ3) is 0.883. The van der Waals surface area contributed by atoms with Crippen LogP contribution in [0.15, 0.2) is 0 Å². The first-order chi connectivity index (χ1) is 3.70. The number of carbonyl (C=O) groups is 1. The predicted molar refractivity (Wildman–Crippen MR) is 34.2 cm³/mol. The first kappa shape index (κ1) is 5.74. The molecule has 1 radical (unpaired) electrons. The van der Waals surface area contributed by atoms with Gasteiger partial charge in [-0.1, -0.05) is 0 Å². The van der Waals surface area contributed by atoms with Gasteiger partial charge in [-0.25, -0.2) is 0 Å². The molecule has 1 aliphatic rings. The van der Waals surface area contributed by atoms with Gasteiger partial charge in [-0.2, -0.15) is 0 Å². The van der Waals surface area contributed by atoms with Crippen LogP contribution in [-0.4, -0.2) is 18.7 Å². The van der Waals surface area contributed by atoms with E-state index in [-0.39, 0.29) is 5.78 Å². The molecule has 8 heavy (non-hydrogen) atoms.